The lowest BCUT2D eigenvalue weighted by atomic mass is 10.0. The van der Waals surface area contributed by atoms with Gasteiger partial charge in [-0.2, -0.15) is 0 Å². The van der Waals surface area contributed by atoms with Crippen LogP contribution in [0.4, 0.5) is 0 Å². The van der Waals surface area contributed by atoms with Gasteiger partial charge in [-0.15, -0.1) is 0 Å². The minimum atomic E-state index is 0.864. The molecular formula is C15H11NO. The number of benzene rings is 2. The Morgan fingerprint density at radius 3 is 2.24 bits per heavy atom. The lowest BCUT2D eigenvalue weighted by molar-refractivity contribution is 0.422. The van der Waals surface area contributed by atoms with E-state index < -0.39 is 0 Å². The first-order valence-corrected chi connectivity index (χ1v) is 5.50. The summed E-state index contributed by atoms with van der Waals surface area (Å²) in [6.07, 6.45) is 1.59. The van der Waals surface area contributed by atoms with Crippen molar-refractivity contribution in [3.8, 4) is 22.4 Å². The molecule has 3 aromatic rings. The summed E-state index contributed by atoms with van der Waals surface area (Å²) in [6.45, 7) is 0. The van der Waals surface area contributed by atoms with Gasteiger partial charge < -0.3 is 4.52 Å². The van der Waals surface area contributed by atoms with E-state index in [1.54, 1.807) is 6.26 Å². The fourth-order valence-corrected chi connectivity index (χ4v) is 1.85. The van der Waals surface area contributed by atoms with Crippen molar-refractivity contribution in [3.05, 3.63) is 66.9 Å². The van der Waals surface area contributed by atoms with Gasteiger partial charge in [-0.25, -0.2) is 0 Å². The van der Waals surface area contributed by atoms with Gasteiger partial charge >= 0.3 is 0 Å². The lowest BCUT2D eigenvalue weighted by Crippen LogP contribution is -1.80. The number of rotatable bonds is 2. The molecule has 2 nitrogen and oxygen atoms in total. The van der Waals surface area contributed by atoms with Crippen LogP contribution in [0.2, 0.25) is 0 Å². The van der Waals surface area contributed by atoms with Gasteiger partial charge in [0.05, 0.1) is 0 Å². The summed E-state index contributed by atoms with van der Waals surface area (Å²) in [4.78, 5) is 0. The minimum absolute atomic E-state index is 0.864. The minimum Gasteiger partial charge on any atom is -0.364 e. The molecule has 0 amide bonds. The molecule has 0 aliphatic rings. The normalized spacial score (nSPS) is 10.4. The van der Waals surface area contributed by atoms with Gasteiger partial charge in [0.25, 0.3) is 0 Å². The summed E-state index contributed by atoms with van der Waals surface area (Å²) < 4.78 is 4.86. The summed E-state index contributed by atoms with van der Waals surface area (Å²) in [7, 11) is 0. The van der Waals surface area contributed by atoms with Crippen LogP contribution in [0.5, 0.6) is 0 Å². The highest BCUT2D eigenvalue weighted by Gasteiger charge is 2.03. The third-order valence-electron chi connectivity index (χ3n) is 2.70. The highest BCUT2D eigenvalue weighted by molar-refractivity contribution is 5.70. The Morgan fingerprint density at radius 2 is 1.47 bits per heavy atom. The van der Waals surface area contributed by atoms with Gasteiger partial charge in [0.15, 0.2) is 0 Å². The Balaban J connectivity index is 2.06. The molecule has 0 aliphatic carbocycles. The predicted octanol–water partition coefficient (Wildman–Crippen LogP) is 4.01. The SMILES string of the molecule is c1ccc(-c2cccc(-c3ccon3)c2)cc1. The van der Waals surface area contributed by atoms with Crippen LogP contribution in [0.25, 0.3) is 22.4 Å². The molecule has 0 saturated heterocycles. The second-order valence-corrected chi connectivity index (χ2v) is 3.83. The maximum absolute atomic E-state index is 4.86. The molecule has 82 valence electrons. The van der Waals surface area contributed by atoms with E-state index in [1.807, 2.05) is 36.4 Å². The van der Waals surface area contributed by atoms with Crippen molar-refractivity contribution in [2.24, 2.45) is 0 Å². The van der Waals surface area contributed by atoms with Crippen LogP contribution in [0, 0.1) is 0 Å². The average molecular weight is 221 g/mol. The van der Waals surface area contributed by atoms with Crippen LogP contribution >= 0.6 is 0 Å². The van der Waals surface area contributed by atoms with Crippen molar-refractivity contribution in [1.82, 2.24) is 5.16 Å². The first kappa shape index (κ1) is 9.85. The van der Waals surface area contributed by atoms with E-state index in [0.29, 0.717) is 0 Å². The van der Waals surface area contributed by atoms with Crippen LogP contribution < -0.4 is 0 Å². The first-order valence-electron chi connectivity index (χ1n) is 5.50. The van der Waals surface area contributed by atoms with Gasteiger partial charge in [0.2, 0.25) is 0 Å². The van der Waals surface area contributed by atoms with Gasteiger partial charge in [-0.1, -0.05) is 53.7 Å². The van der Waals surface area contributed by atoms with Crippen molar-refractivity contribution in [1.29, 1.82) is 0 Å². The molecule has 0 spiro atoms. The van der Waals surface area contributed by atoms with E-state index >= 15 is 0 Å². The van der Waals surface area contributed by atoms with E-state index in [0.717, 1.165) is 11.3 Å². The van der Waals surface area contributed by atoms with Gasteiger partial charge in [0.1, 0.15) is 12.0 Å². The van der Waals surface area contributed by atoms with Crippen molar-refractivity contribution in [2.45, 2.75) is 0 Å². The molecule has 0 bridgehead atoms. The Bertz CT molecular complexity index is 600. The zero-order chi connectivity index (χ0) is 11.5. The van der Waals surface area contributed by atoms with Gasteiger partial charge in [0, 0.05) is 11.6 Å². The standard InChI is InChI=1S/C15H11NO/c1-2-5-12(6-3-1)13-7-4-8-14(11-13)15-9-10-17-16-15/h1-11H. The molecular weight excluding hydrogens is 210 g/mol. The molecule has 1 aromatic heterocycles. The monoisotopic (exact) mass is 221 g/mol. The van der Waals surface area contributed by atoms with E-state index in [4.69, 9.17) is 4.52 Å². The topological polar surface area (TPSA) is 26.0 Å². The molecule has 0 unspecified atom stereocenters. The zero-order valence-corrected chi connectivity index (χ0v) is 9.21. The zero-order valence-electron chi connectivity index (χ0n) is 9.21. The highest BCUT2D eigenvalue weighted by atomic mass is 16.5. The molecule has 0 saturated carbocycles. The largest absolute Gasteiger partial charge is 0.364 e. The lowest BCUT2D eigenvalue weighted by Gasteiger charge is -2.03. The third kappa shape index (κ3) is 1.97. The summed E-state index contributed by atoms with van der Waals surface area (Å²) in [5.74, 6) is 0. The number of nitrogens with zero attached hydrogens (tertiary/aromatic N) is 1. The highest BCUT2D eigenvalue weighted by Crippen LogP contribution is 2.24. The Kier molecular flexibility index (Phi) is 2.47. The summed E-state index contributed by atoms with van der Waals surface area (Å²) >= 11 is 0. The van der Waals surface area contributed by atoms with Crippen molar-refractivity contribution < 1.29 is 4.52 Å². The molecule has 1 heterocycles. The average Bonchev–Trinajstić information content (AvgIpc) is 2.94. The summed E-state index contributed by atoms with van der Waals surface area (Å²) in [5, 5.41) is 3.95. The number of hydrogen-bond donors (Lipinski definition) is 0. The molecule has 0 aliphatic heterocycles. The predicted molar refractivity (Wildman–Crippen MR) is 67.4 cm³/mol. The molecule has 0 atom stereocenters. The smallest absolute Gasteiger partial charge is 0.124 e. The van der Waals surface area contributed by atoms with E-state index in [9.17, 15) is 0 Å². The fourth-order valence-electron chi connectivity index (χ4n) is 1.85. The quantitative estimate of drug-likeness (QED) is 0.653. The Hall–Kier alpha value is -2.35. The molecule has 0 fully saturated rings. The maximum Gasteiger partial charge on any atom is 0.124 e. The summed E-state index contributed by atoms with van der Waals surface area (Å²) in [5.41, 5.74) is 4.33. The van der Waals surface area contributed by atoms with Crippen molar-refractivity contribution in [3.63, 3.8) is 0 Å². The van der Waals surface area contributed by atoms with Gasteiger partial charge in [-0.3, -0.25) is 0 Å². The molecule has 17 heavy (non-hydrogen) atoms. The van der Waals surface area contributed by atoms with E-state index in [-0.39, 0.29) is 0 Å². The van der Waals surface area contributed by atoms with E-state index in [1.165, 1.54) is 11.1 Å². The van der Waals surface area contributed by atoms with Crippen LogP contribution in [0.1, 0.15) is 0 Å². The van der Waals surface area contributed by atoms with Crippen LogP contribution in [0.3, 0.4) is 0 Å². The van der Waals surface area contributed by atoms with E-state index in [2.05, 4.69) is 29.4 Å². The fraction of sp³-hybridized carbons (Fsp3) is 0. The van der Waals surface area contributed by atoms with Gasteiger partial charge in [-0.05, 0) is 17.2 Å². The second kappa shape index (κ2) is 4.26. The van der Waals surface area contributed by atoms with Crippen molar-refractivity contribution >= 4 is 0 Å². The number of hydrogen-bond acceptors (Lipinski definition) is 2. The molecule has 0 N–H and O–H groups in total. The first-order chi connectivity index (χ1) is 8.43. The van der Waals surface area contributed by atoms with Crippen LogP contribution in [0.15, 0.2) is 71.4 Å². The van der Waals surface area contributed by atoms with Crippen molar-refractivity contribution in [2.75, 3.05) is 0 Å². The van der Waals surface area contributed by atoms with Crippen LogP contribution in [-0.4, -0.2) is 5.16 Å². The molecule has 3 rings (SSSR count). The molecule has 2 aromatic carbocycles. The number of aromatic nitrogens is 1. The molecule has 2 heteroatoms. The Morgan fingerprint density at radius 1 is 0.706 bits per heavy atom. The maximum atomic E-state index is 4.86. The van der Waals surface area contributed by atoms with Crippen LogP contribution in [-0.2, 0) is 0 Å². The summed E-state index contributed by atoms with van der Waals surface area (Å²) in [6, 6.07) is 20.4. The third-order valence-corrected chi connectivity index (χ3v) is 2.70. The Labute approximate surface area is 99.5 Å². The molecule has 0 radical (unpaired) electrons. The second-order valence-electron chi connectivity index (χ2n) is 3.83.